The van der Waals surface area contributed by atoms with Gasteiger partial charge in [0.05, 0.1) is 23.1 Å². The van der Waals surface area contributed by atoms with Crippen molar-refractivity contribution >= 4 is 17.2 Å². The zero-order valence-corrected chi connectivity index (χ0v) is 14.1. The first-order chi connectivity index (χ1) is 11.1. The van der Waals surface area contributed by atoms with Gasteiger partial charge >= 0.3 is 0 Å². The summed E-state index contributed by atoms with van der Waals surface area (Å²) in [6, 6.07) is 5.70. The molecule has 0 spiro atoms. The van der Waals surface area contributed by atoms with E-state index < -0.39 is 6.10 Å². The molecule has 1 unspecified atom stereocenters. The average Bonchev–Trinajstić information content (AvgIpc) is 3.24. The summed E-state index contributed by atoms with van der Waals surface area (Å²) in [4.78, 5) is 16.8. The lowest BCUT2D eigenvalue weighted by Gasteiger charge is -2.18. The third kappa shape index (κ3) is 3.79. The molecule has 0 radical (unpaired) electrons. The summed E-state index contributed by atoms with van der Waals surface area (Å²) in [5.74, 6) is 0.166. The third-order valence-corrected chi connectivity index (χ3v) is 5.25. The standard InChI is InChI=1S/C18H22N2O2S/c1-12-15(6-7-16(20-12)14-8-9-23-11-14)18(22)19-10-17(21)13-4-2-3-5-13/h6-9,11,13,17,21H,2-5,10H2,1H3,(H,19,22). The van der Waals surface area contributed by atoms with E-state index in [1.165, 1.54) is 12.8 Å². The van der Waals surface area contributed by atoms with E-state index in [0.29, 0.717) is 23.7 Å². The number of aliphatic hydroxyl groups is 1. The van der Waals surface area contributed by atoms with E-state index in [2.05, 4.69) is 10.3 Å². The summed E-state index contributed by atoms with van der Waals surface area (Å²) in [7, 11) is 0. The summed E-state index contributed by atoms with van der Waals surface area (Å²) in [6.07, 6.45) is 4.05. The topological polar surface area (TPSA) is 62.2 Å². The van der Waals surface area contributed by atoms with Crippen molar-refractivity contribution in [2.75, 3.05) is 6.54 Å². The molecule has 1 fully saturated rings. The molecule has 1 aliphatic carbocycles. The number of nitrogens with one attached hydrogen (secondary N) is 1. The number of rotatable bonds is 5. The van der Waals surface area contributed by atoms with Gasteiger partial charge in [-0.3, -0.25) is 9.78 Å². The van der Waals surface area contributed by atoms with Gasteiger partial charge in [-0.2, -0.15) is 11.3 Å². The van der Waals surface area contributed by atoms with Crippen LogP contribution >= 0.6 is 11.3 Å². The number of nitrogens with zero attached hydrogens (tertiary/aromatic N) is 1. The van der Waals surface area contributed by atoms with Crippen LogP contribution in [0, 0.1) is 12.8 Å². The van der Waals surface area contributed by atoms with Gasteiger partial charge in [-0.1, -0.05) is 12.8 Å². The fourth-order valence-corrected chi connectivity index (χ4v) is 3.82. The Labute approximate surface area is 140 Å². The second-order valence-corrected chi connectivity index (χ2v) is 6.94. The first-order valence-corrected chi connectivity index (χ1v) is 9.06. The number of pyridine rings is 1. The molecule has 5 heteroatoms. The Morgan fingerprint density at radius 3 is 2.83 bits per heavy atom. The summed E-state index contributed by atoms with van der Waals surface area (Å²) in [6.45, 7) is 2.16. The molecule has 1 atom stereocenters. The number of aliphatic hydroxyl groups excluding tert-OH is 1. The lowest BCUT2D eigenvalue weighted by atomic mass is 10.0. The van der Waals surface area contributed by atoms with Crippen LogP contribution in [0.15, 0.2) is 29.0 Å². The van der Waals surface area contributed by atoms with Crippen molar-refractivity contribution in [1.29, 1.82) is 0 Å². The van der Waals surface area contributed by atoms with Gasteiger partial charge in [0.25, 0.3) is 5.91 Å². The van der Waals surface area contributed by atoms with Crippen LogP contribution < -0.4 is 5.32 Å². The quantitative estimate of drug-likeness (QED) is 0.883. The number of aromatic nitrogens is 1. The summed E-state index contributed by atoms with van der Waals surface area (Å²) < 4.78 is 0. The van der Waals surface area contributed by atoms with E-state index in [0.717, 1.165) is 24.1 Å². The first-order valence-electron chi connectivity index (χ1n) is 8.11. The highest BCUT2D eigenvalue weighted by molar-refractivity contribution is 7.08. The van der Waals surface area contributed by atoms with E-state index in [1.54, 1.807) is 11.3 Å². The molecule has 0 aliphatic heterocycles. The maximum absolute atomic E-state index is 12.3. The van der Waals surface area contributed by atoms with Crippen molar-refractivity contribution in [2.45, 2.75) is 38.7 Å². The molecule has 1 amide bonds. The van der Waals surface area contributed by atoms with Crippen LogP contribution in [0.25, 0.3) is 11.3 Å². The predicted octanol–water partition coefficient (Wildman–Crippen LogP) is 3.40. The number of aryl methyl sites for hydroxylation is 1. The smallest absolute Gasteiger partial charge is 0.253 e. The van der Waals surface area contributed by atoms with Gasteiger partial charge in [-0.15, -0.1) is 0 Å². The van der Waals surface area contributed by atoms with E-state index in [1.807, 2.05) is 35.9 Å². The molecule has 2 aromatic rings. The highest BCUT2D eigenvalue weighted by atomic mass is 32.1. The predicted molar refractivity (Wildman–Crippen MR) is 92.6 cm³/mol. The zero-order valence-electron chi connectivity index (χ0n) is 13.3. The molecular weight excluding hydrogens is 308 g/mol. The molecule has 3 rings (SSSR count). The van der Waals surface area contributed by atoms with Crippen molar-refractivity contribution in [3.05, 3.63) is 40.2 Å². The molecule has 2 aromatic heterocycles. The first kappa shape index (κ1) is 16.1. The average molecular weight is 330 g/mol. The van der Waals surface area contributed by atoms with Crippen LogP contribution in [0.1, 0.15) is 41.7 Å². The van der Waals surface area contributed by atoms with E-state index in [-0.39, 0.29) is 5.91 Å². The van der Waals surface area contributed by atoms with Crippen LogP contribution in [0.5, 0.6) is 0 Å². The molecule has 1 aliphatic rings. The highest BCUT2D eigenvalue weighted by Gasteiger charge is 2.23. The number of hydrogen-bond acceptors (Lipinski definition) is 4. The van der Waals surface area contributed by atoms with Crippen LogP contribution in [0.3, 0.4) is 0 Å². The molecule has 23 heavy (non-hydrogen) atoms. The van der Waals surface area contributed by atoms with Crippen LogP contribution in [-0.2, 0) is 0 Å². The van der Waals surface area contributed by atoms with Crippen molar-refractivity contribution < 1.29 is 9.90 Å². The maximum Gasteiger partial charge on any atom is 0.253 e. The fraction of sp³-hybridized carbons (Fsp3) is 0.444. The van der Waals surface area contributed by atoms with E-state index in [9.17, 15) is 9.90 Å². The highest BCUT2D eigenvalue weighted by Crippen LogP contribution is 2.27. The van der Waals surface area contributed by atoms with Crippen LogP contribution in [-0.4, -0.2) is 28.6 Å². The maximum atomic E-state index is 12.3. The van der Waals surface area contributed by atoms with Crippen LogP contribution in [0.4, 0.5) is 0 Å². The number of carbonyl (C=O) groups is 1. The molecule has 0 aromatic carbocycles. The van der Waals surface area contributed by atoms with E-state index in [4.69, 9.17) is 0 Å². The Bertz CT molecular complexity index is 664. The Balaban J connectivity index is 1.63. The minimum absolute atomic E-state index is 0.163. The third-order valence-electron chi connectivity index (χ3n) is 4.56. The second kappa shape index (κ2) is 7.23. The van der Waals surface area contributed by atoms with E-state index >= 15 is 0 Å². The molecule has 2 heterocycles. The molecule has 1 saturated carbocycles. The molecule has 0 bridgehead atoms. The summed E-state index contributed by atoms with van der Waals surface area (Å²) >= 11 is 1.63. The van der Waals surface area contributed by atoms with Gasteiger partial charge in [0, 0.05) is 17.5 Å². The van der Waals surface area contributed by atoms with Gasteiger partial charge in [-0.05, 0) is 49.3 Å². The van der Waals surface area contributed by atoms with Crippen molar-refractivity contribution in [3.8, 4) is 11.3 Å². The fourth-order valence-electron chi connectivity index (χ4n) is 3.17. The Hall–Kier alpha value is -1.72. The molecule has 122 valence electrons. The number of amides is 1. The SMILES string of the molecule is Cc1nc(-c2ccsc2)ccc1C(=O)NCC(O)C1CCCC1. The molecule has 0 saturated heterocycles. The van der Waals surface area contributed by atoms with Gasteiger partial charge in [-0.25, -0.2) is 0 Å². The minimum atomic E-state index is -0.445. The summed E-state index contributed by atoms with van der Waals surface area (Å²) in [5, 5.41) is 17.1. The molecule has 2 N–H and O–H groups in total. The van der Waals surface area contributed by atoms with Gasteiger partial charge in [0.1, 0.15) is 0 Å². The molecule has 4 nitrogen and oxygen atoms in total. The van der Waals surface area contributed by atoms with Crippen molar-refractivity contribution in [2.24, 2.45) is 5.92 Å². The van der Waals surface area contributed by atoms with Crippen LogP contribution in [0.2, 0.25) is 0 Å². The molecular formula is C18H22N2O2S. The number of hydrogen-bond donors (Lipinski definition) is 2. The Morgan fingerprint density at radius 2 is 2.17 bits per heavy atom. The Morgan fingerprint density at radius 1 is 1.39 bits per heavy atom. The lowest BCUT2D eigenvalue weighted by molar-refractivity contribution is 0.0840. The number of carbonyl (C=O) groups excluding carboxylic acids is 1. The van der Waals surface area contributed by atoms with Gasteiger partial charge < -0.3 is 10.4 Å². The van der Waals surface area contributed by atoms with Crippen molar-refractivity contribution in [3.63, 3.8) is 0 Å². The van der Waals surface area contributed by atoms with Gasteiger partial charge in [0.15, 0.2) is 0 Å². The summed E-state index contributed by atoms with van der Waals surface area (Å²) in [5.41, 5.74) is 3.23. The minimum Gasteiger partial charge on any atom is -0.391 e. The lowest BCUT2D eigenvalue weighted by Crippen LogP contribution is -2.36. The largest absolute Gasteiger partial charge is 0.391 e. The normalized spacial score (nSPS) is 16.4. The van der Waals surface area contributed by atoms with Gasteiger partial charge in [0.2, 0.25) is 0 Å². The monoisotopic (exact) mass is 330 g/mol. The second-order valence-electron chi connectivity index (χ2n) is 6.16. The van der Waals surface area contributed by atoms with Crippen molar-refractivity contribution in [1.82, 2.24) is 10.3 Å². The Kier molecular flexibility index (Phi) is 5.08. The number of thiophene rings is 1. The zero-order chi connectivity index (χ0) is 16.2.